The normalized spacial score (nSPS) is 11.1. The number of carbonyl (C=O) groups excluding carboxylic acids is 2. The number of carbonyl (C=O) groups is 2. The molecule has 0 unspecified atom stereocenters. The van der Waals surface area contributed by atoms with Crippen molar-refractivity contribution in [2.24, 2.45) is 0 Å². The quantitative estimate of drug-likeness (QED) is 0.493. The van der Waals surface area contributed by atoms with E-state index >= 15 is 0 Å². The molecule has 3 rings (SSSR count). The Bertz CT molecular complexity index is 1000. The molecule has 142 valence electrons. The zero-order valence-corrected chi connectivity index (χ0v) is 17.7. The molecule has 4 heteroatoms. The van der Waals surface area contributed by atoms with Crippen LogP contribution in [-0.4, -0.2) is 11.7 Å². The summed E-state index contributed by atoms with van der Waals surface area (Å²) in [4.78, 5) is 25.2. The van der Waals surface area contributed by atoms with Crippen LogP contribution in [0.3, 0.4) is 0 Å². The minimum atomic E-state index is -0.216. The van der Waals surface area contributed by atoms with E-state index in [9.17, 15) is 9.59 Å². The van der Waals surface area contributed by atoms with Gasteiger partial charge in [0.1, 0.15) is 0 Å². The van der Waals surface area contributed by atoms with E-state index in [1.807, 2.05) is 36.4 Å². The maximum absolute atomic E-state index is 12.8. The standard InChI is InChI=1S/C24H22BrNO2/c1-24(2,3)19-11-7-16(8-12-19)22(27)18-5-4-6-21(15-18)26-23(28)17-9-13-20(25)14-10-17/h4-15H,1-3H3,(H,26,28). The molecule has 0 heterocycles. The van der Waals surface area contributed by atoms with E-state index < -0.39 is 0 Å². The maximum Gasteiger partial charge on any atom is 0.255 e. The highest BCUT2D eigenvalue weighted by molar-refractivity contribution is 9.10. The molecule has 0 fully saturated rings. The van der Waals surface area contributed by atoms with Crippen molar-refractivity contribution in [2.75, 3.05) is 5.32 Å². The van der Waals surface area contributed by atoms with E-state index in [0.29, 0.717) is 22.4 Å². The predicted molar refractivity (Wildman–Crippen MR) is 117 cm³/mol. The van der Waals surface area contributed by atoms with Crippen molar-refractivity contribution >= 4 is 33.3 Å². The van der Waals surface area contributed by atoms with Crippen LogP contribution in [0, 0.1) is 0 Å². The number of hydrogen-bond acceptors (Lipinski definition) is 2. The van der Waals surface area contributed by atoms with Gasteiger partial charge in [0.2, 0.25) is 0 Å². The summed E-state index contributed by atoms with van der Waals surface area (Å²) in [5.41, 5.74) is 3.53. The summed E-state index contributed by atoms with van der Waals surface area (Å²) < 4.78 is 0.911. The molecule has 0 aromatic heterocycles. The van der Waals surface area contributed by atoms with Gasteiger partial charge in [-0.05, 0) is 47.4 Å². The SMILES string of the molecule is CC(C)(C)c1ccc(C(=O)c2cccc(NC(=O)c3ccc(Br)cc3)c2)cc1. The van der Waals surface area contributed by atoms with Gasteiger partial charge >= 0.3 is 0 Å². The average molecular weight is 436 g/mol. The average Bonchev–Trinajstić information content (AvgIpc) is 2.67. The molecule has 0 saturated carbocycles. The predicted octanol–water partition coefficient (Wildman–Crippen LogP) is 6.23. The third-order valence-corrected chi connectivity index (χ3v) is 5.03. The van der Waals surface area contributed by atoms with Crippen LogP contribution in [0.25, 0.3) is 0 Å². The van der Waals surface area contributed by atoms with Crippen LogP contribution in [0.4, 0.5) is 5.69 Å². The molecule has 0 aliphatic carbocycles. The van der Waals surface area contributed by atoms with Crippen molar-refractivity contribution in [3.05, 3.63) is 99.5 Å². The third kappa shape index (κ3) is 4.76. The van der Waals surface area contributed by atoms with Gasteiger partial charge in [0.25, 0.3) is 5.91 Å². The van der Waals surface area contributed by atoms with Crippen LogP contribution in [0.2, 0.25) is 0 Å². The Morgan fingerprint density at radius 1 is 0.786 bits per heavy atom. The Hall–Kier alpha value is -2.72. The highest BCUT2D eigenvalue weighted by atomic mass is 79.9. The summed E-state index contributed by atoms with van der Waals surface area (Å²) in [7, 11) is 0. The van der Waals surface area contributed by atoms with Crippen LogP contribution in [0.15, 0.2) is 77.3 Å². The van der Waals surface area contributed by atoms with E-state index in [-0.39, 0.29) is 17.1 Å². The van der Waals surface area contributed by atoms with Crippen molar-refractivity contribution in [1.29, 1.82) is 0 Å². The van der Waals surface area contributed by atoms with Crippen molar-refractivity contribution in [3.63, 3.8) is 0 Å². The summed E-state index contributed by atoms with van der Waals surface area (Å²) in [5.74, 6) is -0.285. The van der Waals surface area contributed by atoms with Gasteiger partial charge in [0.05, 0.1) is 0 Å². The number of rotatable bonds is 4. The topological polar surface area (TPSA) is 46.2 Å². The Labute approximate surface area is 173 Å². The summed E-state index contributed by atoms with van der Waals surface area (Å²) >= 11 is 3.35. The number of halogens is 1. The van der Waals surface area contributed by atoms with Gasteiger partial charge in [-0.2, -0.15) is 0 Å². The molecule has 0 radical (unpaired) electrons. The van der Waals surface area contributed by atoms with E-state index in [1.54, 1.807) is 36.4 Å². The van der Waals surface area contributed by atoms with Crippen LogP contribution in [0.1, 0.15) is 52.6 Å². The molecule has 28 heavy (non-hydrogen) atoms. The first-order valence-corrected chi connectivity index (χ1v) is 9.85. The van der Waals surface area contributed by atoms with Gasteiger partial charge in [-0.1, -0.05) is 73.1 Å². The van der Waals surface area contributed by atoms with Crippen LogP contribution < -0.4 is 5.32 Å². The van der Waals surface area contributed by atoms with Crippen LogP contribution >= 0.6 is 15.9 Å². The fourth-order valence-electron chi connectivity index (χ4n) is 2.83. The molecular formula is C24H22BrNO2. The van der Waals surface area contributed by atoms with Crippen molar-refractivity contribution < 1.29 is 9.59 Å². The van der Waals surface area contributed by atoms with Gasteiger partial charge in [-0.3, -0.25) is 9.59 Å². The lowest BCUT2D eigenvalue weighted by Crippen LogP contribution is -2.13. The second kappa shape index (κ2) is 8.11. The second-order valence-electron chi connectivity index (χ2n) is 7.70. The molecule has 0 aliphatic rings. The number of benzene rings is 3. The summed E-state index contributed by atoms with van der Waals surface area (Å²) in [6.07, 6.45) is 0. The molecule has 0 bridgehead atoms. The molecule has 1 amide bonds. The number of ketones is 1. The van der Waals surface area contributed by atoms with Gasteiger partial charge in [-0.25, -0.2) is 0 Å². The molecular weight excluding hydrogens is 414 g/mol. The van der Waals surface area contributed by atoms with Gasteiger partial charge in [0.15, 0.2) is 5.78 Å². The fourth-order valence-corrected chi connectivity index (χ4v) is 3.10. The highest BCUT2D eigenvalue weighted by Gasteiger charge is 2.15. The Morgan fingerprint density at radius 3 is 2.00 bits per heavy atom. The Balaban J connectivity index is 1.78. The molecule has 3 aromatic carbocycles. The number of nitrogens with one attached hydrogen (secondary N) is 1. The second-order valence-corrected chi connectivity index (χ2v) is 8.61. The third-order valence-electron chi connectivity index (χ3n) is 4.50. The minimum Gasteiger partial charge on any atom is -0.322 e. The maximum atomic E-state index is 12.8. The summed E-state index contributed by atoms with van der Waals surface area (Å²) in [6, 6.07) is 21.8. The highest BCUT2D eigenvalue weighted by Crippen LogP contribution is 2.23. The Morgan fingerprint density at radius 2 is 1.39 bits per heavy atom. The first-order valence-electron chi connectivity index (χ1n) is 9.06. The van der Waals surface area contributed by atoms with Crippen molar-refractivity contribution in [3.8, 4) is 0 Å². The first kappa shape index (κ1) is 20.0. The zero-order valence-electron chi connectivity index (χ0n) is 16.1. The number of anilines is 1. The van der Waals surface area contributed by atoms with E-state index in [1.165, 1.54) is 5.56 Å². The lowest BCUT2D eigenvalue weighted by molar-refractivity contribution is 0.102. The van der Waals surface area contributed by atoms with E-state index in [2.05, 4.69) is 42.0 Å². The zero-order chi connectivity index (χ0) is 20.3. The molecule has 1 N–H and O–H groups in total. The van der Waals surface area contributed by atoms with Gasteiger partial charge in [-0.15, -0.1) is 0 Å². The molecule has 3 nitrogen and oxygen atoms in total. The molecule has 3 aromatic rings. The van der Waals surface area contributed by atoms with Crippen LogP contribution in [-0.2, 0) is 5.41 Å². The largest absolute Gasteiger partial charge is 0.322 e. The minimum absolute atomic E-state index is 0.0405. The first-order chi connectivity index (χ1) is 13.2. The smallest absolute Gasteiger partial charge is 0.255 e. The van der Waals surface area contributed by atoms with Crippen molar-refractivity contribution in [2.45, 2.75) is 26.2 Å². The Kier molecular flexibility index (Phi) is 5.80. The van der Waals surface area contributed by atoms with E-state index in [0.717, 1.165) is 4.47 Å². The fraction of sp³-hybridized carbons (Fsp3) is 0.167. The molecule has 0 atom stereocenters. The lowest BCUT2D eigenvalue weighted by atomic mass is 9.86. The summed E-state index contributed by atoms with van der Waals surface area (Å²) in [6.45, 7) is 6.42. The van der Waals surface area contributed by atoms with Gasteiger partial charge in [0, 0.05) is 26.9 Å². The summed E-state index contributed by atoms with van der Waals surface area (Å²) in [5, 5.41) is 2.85. The van der Waals surface area contributed by atoms with Crippen molar-refractivity contribution in [1.82, 2.24) is 0 Å². The van der Waals surface area contributed by atoms with Gasteiger partial charge < -0.3 is 5.32 Å². The van der Waals surface area contributed by atoms with E-state index in [4.69, 9.17) is 0 Å². The van der Waals surface area contributed by atoms with Crippen LogP contribution in [0.5, 0.6) is 0 Å². The molecule has 0 saturated heterocycles. The molecule has 0 aliphatic heterocycles. The monoisotopic (exact) mass is 435 g/mol. The molecule has 0 spiro atoms. The lowest BCUT2D eigenvalue weighted by Gasteiger charge is -2.19. The number of amides is 1. The number of hydrogen-bond donors (Lipinski definition) is 1.